The van der Waals surface area contributed by atoms with Gasteiger partial charge in [-0.3, -0.25) is 14.9 Å². The quantitative estimate of drug-likeness (QED) is 0.367. The van der Waals surface area contributed by atoms with E-state index in [2.05, 4.69) is 15.6 Å². The van der Waals surface area contributed by atoms with Crippen LogP contribution in [-0.4, -0.2) is 23.4 Å². The van der Waals surface area contributed by atoms with Crippen LogP contribution < -0.4 is 15.4 Å². The molecule has 4 aromatic rings. The lowest BCUT2D eigenvalue weighted by Crippen LogP contribution is -2.20. The summed E-state index contributed by atoms with van der Waals surface area (Å²) in [5.41, 5.74) is 2.43. The minimum Gasteiger partial charge on any atom is -0.482 e. The number of benzene rings is 2. The summed E-state index contributed by atoms with van der Waals surface area (Å²) in [6.07, 6.45) is 1.42. The molecule has 0 saturated heterocycles. The first-order valence-corrected chi connectivity index (χ1v) is 10.8. The van der Waals surface area contributed by atoms with Crippen LogP contribution in [0.25, 0.3) is 11.3 Å². The number of ether oxygens (including phenoxy) is 1. The molecular formula is C23H18ClN3O4S. The van der Waals surface area contributed by atoms with E-state index in [9.17, 15) is 9.59 Å². The number of carbonyl (C=O) groups is 2. The molecule has 0 aliphatic rings. The molecule has 32 heavy (non-hydrogen) atoms. The molecule has 2 N–H and O–H groups in total. The van der Waals surface area contributed by atoms with Crippen LogP contribution in [0, 0.1) is 6.92 Å². The summed E-state index contributed by atoms with van der Waals surface area (Å²) in [5.74, 6) is -0.229. The zero-order valence-electron chi connectivity index (χ0n) is 16.9. The van der Waals surface area contributed by atoms with Crippen molar-refractivity contribution >= 4 is 44.9 Å². The minimum atomic E-state index is -0.410. The number of rotatable bonds is 7. The van der Waals surface area contributed by atoms with Gasteiger partial charge >= 0.3 is 0 Å². The third-order valence-electron chi connectivity index (χ3n) is 4.37. The van der Waals surface area contributed by atoms with Crippen molar-refractivity contribution in [3.05, 3.63) is 83.3 Å². The Hall–Kier alpha value is -3.62. The van der Waals surface area contributed by atoms with Crippen molar-refractivity contribution in [3.63, 3.8) is 0 Å². The molecule has 0 bridgehead atoms. The normalized spacial score (nSPS) is 10.6. The van der Waals surface area contributed by atoms with Crippen molar-refractivity contribution in [2.45, 2.75) is 6.92 Å². The molecule has 0 fully saturated rings. The van der Waals surface area contributed by atoms with Gasteiger partial charge in [-0.25, -0.2) is 4.98 Å². The van der Waals surface area contributed by atoms with Crippen LogP contribution in [0.5, 0.6) is 5.75 Å². The van der Waals surface area contributed by atoms with Crippen molar-refractivity contribution in [2.75, 3.05) is 17.2 Å². The molecular weight excluding hydrogens is 450 g/mol. The number of thiazole rings is 1. The zero-order chi connectivity index (χ0) is 22.5. The minimum absolute atomic E-state index is 0.173. The lowest BCUT2D eigenvalue weighted by molar-refractivity contribution is -0.118. The third-order valence-corrected chi connectivity index (χ3v) is 5.56. The van der Waals surface area contributed by atoms with Gasteiger partial charge in [-0.15, -0.1) is 0 Å². The molecule has 0 unspecified atom stereocenters. The summed E-state index contributed by atoms with van der Waals surface area (Å²) in [7, 11) is 0. The highest BCUT2D eigenvalue weighted by Crippen LogP contribution is 2.36. The number of nitrogens with one attached hydrogen (secondary N) is 2. The second-order valence-electron chi connectivity index (χ2n) is 6.76. The first kappa shape index (κ1) is 21.6. The lowest BCUT2D eigenvalue weighted by atomic mass is 10.1. The highest BCUT2D eigenvalue weighted by Gasteiger charge is 2.19. The molecule has 2 aromatic heterocycles. The van der Waals surface area contributed by atoms with E-state index in [-0.39, 0.29) is 12.4 Å². The number of anilines is 2. The Labute approximate surface area is 193 Å². The number of halogens is 1. The predicted molar refractivity (Wildman–Crippen MR) is 125 cm³/mol. The predicted octanol–water partition coefficient (Wildman–Crippen LogP) is 5.63. The number of amides is 2. The number of hydrogen-bond acceptors (Lipinski definition) is 6. The second-order valence-corrected chi connectivity index (χ2v) is 8.17. The number of nitrogens with zero attached hydrogens (tertiary/aromatic N) is 1. The van der Waals surface area contributed by atoms with E-state index in [4.69, 9.17) is 20.8 Å². The Bertz CT molecular complexity index is 1240. The zero-order valence-corrected chi connectivity index (χ0v) is 18.5. The Morgan fingerprint density at radius 2 is 1.84 bits per heavy atom. The maximum atomic E-state index is 12.5. The van der Waals surface area contributed by atoms with Crippen LogP contribution in [0.3, 0.4) is 0 Å². The van der Waals surface area contributed by atoms with Gasteiger partial charge in [0.25, 0.3) is 11.8 Å². The van der Waals surface area contributed by atoms with Crippen molar-refractivity contribution in [3.8, 4) is 17.0 Å². The smallest absolute Gasteiger partial charge is 0.292 e. The van der Waals surface area contributed by atoms with Crippen molar-refractivity contribution in [1.29, 1.82) is 0 Å². The molecule has 2 amide bonds. The summed E-state index contributed by atoms with van der Waals surface area (Å²) >= 11 is 7.19. The first-order chi connectivity index (χ1) is 15.5. The second kappa shape index (κ2) is 9.67. The third kappa shape index (κ3) is 5.16. The monoisotopic (exact) mass is 467 g/mol. The molecule has 0 aliphatic heterocycles. The molecule has 9 heteroatoms. The van der Waals surface area contributed by atoms with Gasteiger partial charge in [0.05, 0.1) is 11.3 Å². The number of furan rings is 1. The Morgan fingerprint density at radius 1 is 1.06 bits per heavy atom. The van der Waals surface area contributed by atoms with Gasteiger partial charge < -0.3 is 14.5 Å². The Balaban J connectivity index is 1.53. The van der Waals surface area contributed by atoms with Crippen LogP contribution in [-0.2, 0) is 4.79 Å². The van der Waals surface area contributed by atoms with Crippen LogP contribution in [0.1, 0.15) is 16.1 Å². The number of aryl methyl sites for hydroxylation is 1. The van der Waals surface area contributed by atoms with E-state index in [1.54, 1.807) is 36.4 Å². The van der Waals surface area contributed by atoms with Gasteiger partial charge in [0.15, 0.2) is 17.5 Å². The Kier molecular flexibility index (Phi) is 6.53. The van der Waals surface area contributed by atoms with Gasteiger partial charge in [-0.2, -0.15) is 0 Å². The maximum Gasteiger partial charge on any atom is 0.292 e. The van der Waals surface area contributed by atoms with E-state index in [0.717, 1.165) is 22.5 Å². The summed E-state index contributed by atoms with van der Waals surface area (Å²) in [4.78, 5) is 29.4. The molecule has 0 radical (unpaired) electrons. The van der Waals surface area contributed by atoms with Crippen molar-refractivity contribution < 1.29 is 18.7 Å². The van der Waals surface area contributed by atoms with E-state index in [1.165, 1.54) is 6.26 Å². The molecule has 0 saturated carbocycles. The highest BCUT2D eigenvalue weighted by atomic mass is 35.5. The molecule has 2 aromatic carbocycles. The maximum absolute atomic E-state index is 12.5. The number of carbonyl (C=O) groups excluding carboxylic acids is 2. The summed E-state index contributed by atoms with van der Waals surface area (Å²) in [6, 6.07) is 17.8. The number of para-hydroxylation sites is 1. The topological polar surface area (TPSA) is 93.5 Å². The average Bonchev–Trinajstić information content (AvgIpc) is 3.44. The van der Waals surface area contributed by atoms with Gasteiger partial charge in [0.2, 0.25) is 0 Å². The molecule has 2 heterocycles. The highest BCUT2D eigenvalue weighted by molar-refractivity contribution is 7.20. The Morgan fingerprint density at radius 3 is 2.56 bits per heavy atom. The van der Waals surface area contributed by atoms with Gasteiger partial charge in [-0.05, 0) is 31.2 Å². The van der Waals surface area contributed by atoms with E-state index in [1.807, 2.05) is 31.2 Å². The van der Waals surface area contributed by atoms with Crippen LogP contribution in [0.2, 0.25) is 5.02 Å². The van der Waals surface area contributed by atoms with E-state index in [0.29, 0.717) is 26.6 Å². The summed E-state index contributed by atoms with van der Waals surface area (Å²) in [6.45, 7) is 1.74. The van der Waals surface area contributed by atoms with Gasteiger partial charge in [-0.1, -0.05) is 64.9 Å². The fourth-order valence-electron chi connectivity index (χ4n) is 2.80. The molecule has 4 rings (SSSR count). The molecule has 0 atom stereocenters. The van der Waals surface area contributed by atoms with E-state index >= 15 is 0 Å². The van der Waals surface area contributed by atoms with Crippen LogP contribution in [0.15, 0.2) is 71.3 Å². The van der Waals surface area contributed by atoms with Gasteiger partial charge in [0, 0.05) is 5.56 Å². The van der Waals surface area contributed by atoms with E-state index < -0.39 is 11.8 Å². The SMILES string of the molecule is Cc1ccc(-c2nc(NC(=O)COc3ccccc3Cl)sc2NC(=O)c2ccco2)cc1. The molecule has 0 aliphatic carbocycles. The van der Waals surface area contributed by atoms with Crippen LogP contribution in [0.4, 0.5) is 10.1 Å². The largest absolute Gasteiger partial charge is 0.482 e. The number of aromatic nitrogens is 1. The summed E-state index contributed by atoms with van der Waals surface area (Å²) < 4.78 is 10.6. The molecule has 7 nitrogen and oxygen atoms in total. The first-order valence-electron chi connectivity index (χ1n) is 9.59. The number of hydrogen-bond donors (Lipinski definition) is 2. The molecule has 162 valence electrons. The lowest BCUT2D eigenvalue weighted by Gasteiger charge is -2.06. The van der Waals surface area contributed by atoms with Gasteiger partial charge in [0.1, 0.15) is 16.4 Å². The van der Waals surface area contributed by atoms with Crippen molar-refractivity contribution in [1.82, 2.24) is 4.98 Å². The summed E-state index contributed by atoms with van der Waals surface area (Å²) in [5, 5.41) is 6.74. The fourth-order valence-corrected chi connectivity index (χ4v) is 3.89. The fraction of sp³-hybridized carbons (Fsp3) is 0.0870. The van der Waals surface area contributed by atoms with Crippen LogP contribution >= 0.6 is 22.9 Å². The average molecular weight is 468 g/mol. The molecule has 0 spiro atoms. The van der Waals surface area contributed by atoms with Crippen molar-refractivity contribution in [2.24, 2.45) is 0 Å². The standard InChI is InChI=1S/C23H18ClN3O4S/c1-14-8-10-15(11-9-14)20-22(27-21(29)18-7-4-12-30-18)32-23(26-20)25-19(28)13-31-17-6-3-2-5-16(17)24/h2-12H,13H2,1H3,(H,27,29)(H,25,26,28).